The molecule has 0 radical (unpaired) electrons. The number of benzene rings is 2. The second-order valence-corrected chi connectivity index (χ2v) is 6.96. The van der Waals surface area contributed by atoms with Crippen molar-refractivity contribution in [3.63, 3.8) is 0 Å². The lowest BCUT2D eigenvalue weighted by molar-refractivity contribution is -0.140. The second kappa shape index (κ2) is 7.80. The standard InChI is InChI=1S/C20H19ClN2O4/c21-15-5-7-16(8-6-15)23-17(24)9-12-22-18(25)13-1-3-14(4-2-13)20(10-11-20)19(26)27/h1-8H,9-12H2,(H,22,25)(H,23,24)(H,26,27). The summed E-state index contributed by atoms with van der Waals surface area (Å²) in [6, 6.07) is 13.3. The van der Waals surface area contributed by atoms with Crippen LogP contribution >= 0.6 is 11.6 Å². The molecule has 0 atom stereocenters. The van der Waals surface area contributed by atoms with Crippen molar-refractivity contribution in [2.45, 2.75) is 24.7 Å². The van der Waals surface area contributed by atoms with E-state index in [1.807, 2.05) is 0 Å². The SMILES string of the molecule is O=C(CCNC(=O)c1ccc(C2(C(=O)O)CC2)cc1)Nc1ccc(Cl)cc1. The molecular weight excluding hydrogens is 368 g/mol. The highest BCUT2D eigenvalue weighted by molar-refractivity contribution is 6.30. The maximum absolute atomic E-state index is 12.2. The molecule has 0 saturated heterocycles. The zero-order valence-electron chi connectivity index (χ0n) is 14.5. The lowest BCUT2D eigenvalue weighted by Crippen LogP contribution is -2.27. The van der Waals surface area contributed by atoms with E-state index in [0.717, 1.165) is 0 Å². The Labute approximate surface area is 161 Å². The number of aliphatic carboxylic acids is 1. The minimum atomic E-state index is -0.827. The molecule has 0 bridgehead atoms. The highest BCUT2D eigenvalue weighted by atomic mass is 35.5. The Morgan fingerprint density at radius 1 is 1.00 bits per heavy atom. The van der Waals surface area contributed by atoms with E-state index < -0.39 is 11.4 Å². The van der Waals surface area contributed by atoms with Gasteiger partial charge in [0.25, 0.3) is 5.91 Å². The number of anilines is 1. The molecule has 27 heavy (non-hydrogen) atoms. The fourth-order valence-electron chi connectivity index (χ4n) is 2.84. The predicted octanol–water partition coefficient (Wildman–Crippen LogP) is 3.21. The molecule has 2 amide bonds. The molecule has 7 heteroatoms. The van der Waals surface area contributed by atoms with E-state index in [1.54, 1.807) is 48.5 Å². The van der Waals surface area contributed by atoms with Crippen molar-refractivity contribution in [3.05, 3.63) is 64.7 Å². The summed E-state index contributed by atoms with van der Waals surface area (Å²) in [5, 5.41) is 15.3. The number of carbonyl (C=O) groups excluding carboxylic acids is 2. The predicted molar refractivity (Wildman–Crippen MR) is 102 cm³/mol. The van der Waals surface area contributed by atoms with Gasteiger partial charge < -0.3 is 15.7 Å². The first-order valence-electron chi connectivity index (χ1n) is 8.58. The number of hydrogen-bond acceptors (Lipinski definition) is 3. The molecule has 0 spiro atoms. The summed E-state index contributed by atoms with van der Waals surface area (Å²) in [5.41, 5.74) is 1.00. The molecule has 1 fully saturated rings. The Kier molecular flexibility index (Phi) is 5.46. The molecule has 0 aliphatic heterocycles. The lowest BCUT2D eigenvalue weighted by atomic mass is 9.95. The molecule has 0 aromatic heterocycles. The van der Waals surface area contributed by atoms with Gasteiger partial charge in [-0.15, -0.1) is 0 Å². The van der Waals surface area contributed by atoms with Crippen LogP contribution in [0.3, 0.4) is 0 Å². The van der Waals surface area contributed by atoms with Crippen molar-refractivity contribution in [2.75, 3.05) is 11.9 Å². The molecule has 6 nitrogen and oxygen atoms in total. The maximum atomic E-state index is 12.2. The van der Waals surface area contributed by atoms with E-state index in [4.69, 9.17) is 11.6 Å². The molecule has 140 valence electrons. The van der Waals surface area contributed by atoms with E-state index in [0.29, 0.717) is 34.7 Å². The summed E-state index contributed by atoms with van der Waals surface area (Å²) >= 11 is 5.79. The molecule has 1 saturated carbocycles. The fourth-order valence-corrected chi connectivity index (χ4v) is 2.97. The van der Waals surface area contributed by atoms with Gasteiger partial charge in [-0.2, -0.15) is 0 Å². The summed E-state index contributed by atoms with van der Waals surface area (Å²) < 4.78 is 0. The third-order valence-electron chi connectivity index (χ3n) is 4.62. The Morgan fingerprint density at radius 3 is 2.19 bits per heavy atom. The van der Waals surface area contributed by atoms with Gasteiger partial charge in [0.2, 0.25) is 5.91 Å². The van der Waals surface area contributed by atoms with Crippen LogP contribution < -0.4 is 10.6 Å². The zero-order valence-corrected chi connectivity index (χ0v) is 15.3. The Hall–Kier alpha value is -2.86. The smallest absolute Gasteiger partial charge is 0.314 e. The number of hydrogen-bond donors (Lipinski definition) is 3. The van der Waals surface area contributed by atoms with Gasteiger partial charge in [0.15, 0.2) is 0 Å². The van der Waals surface area contributed by atoms with Gasteiger partial charge in [-0.3, -0.25) is 14.4 Å². The van der Waals surface area contributed by atoms with Gasteiger partial charge in [0.1, 0.15) is 0 Å². The number of rotatable bonds is 7. The summed E-state index contributed by atoms with van der Waals surface area (Å²) in [6.45, 7) is 0.194. The summed E-state index contributed by atoms with van der Waals surface area (Å²) in [7, 11) is 0. The van der Waals surface area contributed by atoms with Crippen LogP contribution in [0.2, 0.25) is 5.02 Å². The molecule has 0 heterocycles. The Bertz CT molecular complexity index is 859. The number of nitrogens with one attached hydrogen (secondary N) is 2. The zero-order chi connectivity index (χ0) is 19.4. The van der Waals surface area contributed by atoms with E-state index in [-0.39, 0.29) is 24.8 Å². The summed E-state index contributed by atoms with van der Waals surface area (Å²) in [4.78, 5) is 35.4. The maximum Gasteiger partial charge on any atom is 0.314 e. The first kappa shape index (κ1) is 18.9. The van der Waals surface area contributed by atoms with Gasteiger partial charge in [-0.1, -0.05) is 23.7 Å². The van der Waals surface area contributed by atoms with E-state index >= 15 is 0 Å². The van der Waals surface area contributed by atoms with Gasteiger partial charge >= 0.3 is 5.97 Å². The van der Waals surface area contributed by atoms with Gasteiger partial charge in [0, 0.05) is 29.2 Å². The summed E-state index contributed by atoms with van der Waals surface area (Å²) in [6.07, 6.45) is 1.38. The third kappa shape index (κ3) is 4.46. The molecule has 2 aromatic rings. The molecular formula is C20H19ClN2O4. The average molecular weight is 387 g/mol. The van der Waals surface area contributed by atoms with Crippen LogP contribution in [0.5, 0.6) is 0 Å². The minimum absolute atomic E-state index is 0.134. The van der Waals surface area contributed by atoms with Crippen molar-refractivity contribution in [3.8, 4) is 0 Å². The van der Waals surface area contributed by atoms with Crippen molar-refractivity contribution in [2.24, 2.45) is 0 Å². The minimum Gasteiger partial charge on any atom is -0.481 e. The first-order valence-corrected chi connectivity index (χ1v) is 8.96. The van der Waals surface area contributed by atoms with Crippen molar-refractivity contribution in [1.82, 2.24) is 5.32 Å². The van der Waals surface area contributed by atoms with Gasteiger partial charge in [-0.25, -0.2) is 0 Å². The number of carboxylic acids is 1. The van der Waals surface area contributed by atoms with Crippen molar-refractivity contribution in [1.29, 1.82) is 0 Å². The molecule has 1 aliphatic carbocycles. The number of carbonyl (C=O) groups is 3. The van der Waals surface area contributed by atoms with E-state index in [9.17, 15) is 19.5 Å². The Balaban J connectivity index is 1.47. The normalized spacial score (nSPS) is 14.3. The second-order valence-electron chi connectivity index (χ2n) is 6.53. The average Bonchev–Trinajstić information content (AvgIpc) is 3.46. The lowest BCUT2D eigenvalue weighted by Gasteiger charge is -2.11. The largest absolute Gasteiger partial charge is 0.481 e. The first-order chi connectivity index (χ1) is 12.9. The quantitative estimate of drug-likeness (QED) is 0.680. The highest BCUT2D eigenvalue weighted by Gasteiger charge is 2.51. The van der Waals surface area contributed by atoms with E-state index in [2.05, 4.69) is 10.6 Å². The van der Waals surface area contributed by atoms with Crippen molar-refractivity contribution < 1.29 is 19.5 Å². The van der Waals surface area contributed by atoms with Gasteiger partial charge in [-0.05, 0) is 54.8 Å². The van der Waals surface area contributed by atoms with Crippen LogP contribution in [-0.4, -0.2) is 29.4 Å². The van der Waals surface area contributed by atoms with Crippen LogP contribution in [0.1, 0.15) is 35.2 Å². The van der Waals surface area contributed by atoms with E-state index in [1.165, 1.54) is 0 Å². The number of halogens is 1. The summed E-state index contributed by atoms with van der Waals surface area (Å²) in [5.74, 6) is -1.35. The Morgan fingerprint density at radius 2 is 1.63 bits per heavy atom. The monoisotopic (exact) mass is 386 g/mol. The van der Waals surface area contributed by atoms with Crippen LogP contribution in [0.25, 0.3) is 0 Å². The fraction of sp³-hybridized carbons (Fsp3) is 0.250. The molecule has 0 unspecified atom stereocenters. The number of carboxylic acid groups (broad SMARTS) is 1. The molecule has 1 aliphatic rings. The highest BCUT2D eigenvalue weighted by Crippen LogP contribution is 2.48. The van der Waals surface area contributed by atoms with Crippen LogP contribution in [0.15, 0.2) is 48.5 Å². The molecule has 2 aromatic carbocycles. The topological polar surface area (TPSA) is 95.5 Å². The van der Waals surface area contributed by atoms with Crippen LogP contribution in [-0.2, 0) is 15.0 Å². The van der Waals surface area contributed by atoms with Gasteiger partial charge in [0.05, 0.1) is 5.41 Å². The van der Waals surface area contributed by atoms with Crippen LogP contribution in [0.4, 0.5) is 5.69 Å². The molecule has 3 N–H and O–H groups in total. The number of amides is 2. The van der Waals surface area contributed by atoms with Crippen LogP contribution in [0, 0.1) is 0 Å². The molecule has 3 rings (SSSR count). The third-order valence-corrected chi connectivity index (χ3v) is 4.88. The van der Waals surface area contributed by atoms with Crippen molar-refractivity contribution >= 4 is 35.1 Å².